The van der Waals surface area contributed by atoms with Crippen LogP contribution in [-0.2, 0) is 4.74 Å². The smallest absolute Gasteiger partial charge is 0.208 e. The summed E-state index contributed by atoms with van der Waals surface area (Å²) >= 11 is 1.70. The number of ether oxygens (including phenoxy) is 1. The number of rotatable bonds is 4. The second kappa shape index (κ2) is 5.58. The molecule has 2 aliphatic heterocycles. The van der Waals surface area contributed by atoms with E-state index in [-0.39, 0.29) is 0 Å². The predicted octanol–water partition coefficient (Wildman–Crippen LogP) is 1.78. The van der Waals surface area contributed by atoms with E-state index in [0.29, 0.717) is 11.5 Å². The molecule has 3 heterocycles. The normalized spacial score (nSPS) is 25.9. The van der Waals surface area contributed by atoms with Crippen molar-refractivity contribution in [2.75, 3.05) is 44.8 Å². The third kappa shape index (κ3) is 2.56. The fourth-order valence-corrected chi connectivity index (χ4v) is 4.11. The zero-order valence-corrected chi connectivity index (χ0v) is 13.4. The van der Waals surface area contributed by atoms with Crippen LogP contribution in [0.25, 0.3) is 0 Å². The van der Waals surface area contributed by atoms with E-state index in [1.54, 1.807) is 11.3 Å². The molecule has 1 spiro atoms. The second-order valence-corrected chi connectivity index (χ2v) is 7.28. The number of likely N-dealkylation sites (N-methyl/N-ethyl adjacent to an activating group) is 1. The van der Waals surface area contributed by atoms with E-state index in [2.05, 4.69) is 34.0 Å². The standard InChI is InChI=1S/C14H24N4OS/c1-4-19-8-12-5-6-17(3)14(7-12)9-18(10-14)13-16-15-11(2)20-13/h12H,4-10H2,1-3H3/t12-/m1/s1. The molecule has 0 unspecified atom stereocenters. The molecular formula is C14H24N4OS. The van der Waals surface area contributed by atoms with Crippen LogP contribution in [-0.4, -0.2) is 60.5 Å². The van der Waals surface area contributed by atoms with E-state index in [0.717, 1.165) is 36.4 Å². The lowest BCUT2D eigenvalue weighted by Crippen LogP contribution is -2.72. The van der Waals surface area contributed by atoms with Crippen LogP contribution in [0.2, 0.25) is 0 Å². The van der Waals surface area contributed by atoms with Gasteiger partial charge in [0.1, 0.15) is 5.01 Å². The minimum Gasteiger partial charge on any atom is -0.381 e. The Morgan fingerprint density at radius 1 is 1.40 bits per heavy atom. The number of hydrogen-bond donors (Lipinski definition) is 0. The second-order valence-electron chi connectivity index (χ2n) is 6.12. The topological polar surface area (TPSA) is 41.5 Å². The highest BCUT2D eigenvalue weighted by Gasteiger charge is 2.50. The molecule has 1 aromatic rings. The number of aromatic nitrogens is 2. The first kappa shape index (κ1) is 14.2. The van der Waals surface area contributed by atoms with E-state index < -0.39 is 0 Å². The number of nitrogens with zero attached hydrogens (tertiary/aromatic N) is 4. The summed E-state index contributed by atoms with van der Waals surface area (Å²) in [5.41, 5.74) is 0.333. The average molecular weight is 296 g/mol. The van der Waals surface area contributed by atoms with E-state index in [4.69, 9.17) is 4.74 Å². The first-order valence-electron chi connectivity index (χ1n) is 7.47. The Labute approximate surface area is 124 Å². The van der Waals surface area contributed by atoms with Crippen molar-refractivity contribution in [2.45, 2.75) is 32.2 Å². The number of anilines is 1. The molecule has 20 heavy (non-hydrogen) atoms. The summed E-state index contributed by atoms with van der Waals surface area (Å²) in [6.07, 6.45) is 2.51. The van der Waals surface area contributed by atoms with Crippen LogP contribution in [0, 0.1) is 12.8 Å². The lowest BCUT2D eigenvalue weighted by molar-refractivity contribution is -0.0102. The molecule has 2 aliphatic rings. The first-order valence-corrected chi connectivity index (χ1v) is 8.28. The zero-order valence-electron chi connectivity index (χ0n) is 12.6. The molecule has 0 aromatic carbocycles. The summed E-state index contributed by atoms with van der Waals surface area (Å²) < 4.78 is 5.63. The SMILES string of the molecule is CCOC[C@@H]1CCN(C)C2(C1)CN(c1nnc(C)s1)C2. The molecule has 0 amide bonds. The Morgan fingerprint density at radius 3 is 2.85 bits per heavy atom. The summed E-state index contributed by atoms with van der Waals surface area (Å²) in [6, 6.07) is 0. The Bertz CT molecular complexity index is 456. The molecule has 2 saturated heterocycles. The molecule has 0 N–H and O–H groups in total. The van der Waals surface area contributed by atoms with Crippen molar-refractivity contribution in [3.05, 3.63) is 5.01 Å². The van der Waals surface area contributed by atoms with E-state index >= 15 is 0 Å². The predicted molar refractivity (Wildman–Crippen MR) is 81.4 cm³/mol. The molecule has 1 aromatic heterocycles. The van der Waals surface area contributed by atoms with Crippen molar-refractivity contribution in [3.63, 3.8) is 0 Å². The highest BCUT2D eigenvalue weighted by Crippen LogP contribution is 2.40. The molecule has 0 bridgehead atoms. The van der Waals surface area contributed by atoms with Gasteiger partial charge in [-0.05, 0) is 46.2 Å². The molecule has 0 aliphatic carbocycles. The number of aryl methyl sites for hydroxylation is 1. The van der Waals surface area contributed by atoms with Gasteiger partial charge in [0, 0.05) is 26.3 Å². The van der Waals surface area contributed by atoms with Crippen LogP contribution in [0.1, 0.15) is 24.8 Å². The number of piperidine rings is 1. The lowest BCUT2D eigenvalue weighted by atomic mass is 9.75. The van der Waals surface area contributed by atoms with Gasteiger partial charge in [0.25, 0.3) is 0 Å². The fraction of sp³-hybridized carbons (Fsp3) is 0.857. The van der Waals surface area contributed by atoms with Crippen LogP contribution in [0.3, 0.4) is 0 Å². The van der Waals surface area contributed by atoms with Crippen LogP contribution in [0.5, 0.6) is 0 Å². The maximum Gasteiger partial charge on any atom is 0.208 e. The number of hydrogen-bond acceptors (Lipinski definition) is 6. The molecule has 6 heteroatoms. The molecule has 1 atom stereocenters. The largest absolute Gasteiger partial charge is 0.381 e. The molecular weight excluding hydrogens is 272 g/mol. The van der Waals surface area contributed by atoms with Gasteiger partial charge in [-0.3, -0.25) is 4.90 Å². The fourth-order valence-electron chi connectivity index (χ4n) is 3.42. The van der Waals surface area contributed by atoms with E-state index in [1.807, 2.05) is 6.92 Å². The summed E-state index contributed by atoms with van der Waals surface area (Å²) in [4.78, 5) is 4.91. The quantitative estimate of drug-likeness (QED) is 0.847. The monoisotopic (exact) mass is 296 g/mol. The van der Waals surface area contributed by atoms with Gasteiger partial charge >= 0.3 is 0 Å². The molecule has 0 radical (unpaired) electrons. The highest BCUT2D eigenvalue weighted by molar-refractivity contribution is 7.15. The van der Waals surface area contributed by atoms with Gasteiger partial charge in [0.05, 0.1) is 5.54 Å². The third-order valence-corrected chi connectivity index (χ3v) is 5.56. The lowest BCUT2D eigenvalue weighted by Gasteiger charge is -2.58. The maximum atomic E-state index is 5.63. The zero-order chi connectivity index (χ0) is 14.2. The molecule has 112 valence electrons. The minimum atomic E-state index is 0.333. The third-order valence-electron chi connectivity index (χ3n) is 4.67. The highest BCUT2D eigenvalue weighted by atomic mass is 32.1. The van der Waals surface area contributed by atoms with Crippen molar-refractivity contribution < 1.29 is 4.74 Å². The van der Waals surface area contributed by atoms with Crippen LogP contribution < -0.4 is 4.90 Å². The van der Waals surface area contributed by atoms with Crippen molar-refractivity contribution in [1.29, 1.82) is 0 Å². The Kier molecular flexibility index (Phi) is 3.97. The van der Waals surface area contributed by atoms with E-state index in [9.17, 15) is 0 Å². The van der Waals surface area contributed by atoms with Gasteiger partial charge in [-0.15, -0.1) is 10.2 Å². The van der Waals surface area contributed by atoms with Crippen LogP contribution in [0.4, 0.5) is 5.13 Å². The molecule has 2 fully saturated rings. The van der Waals surface area contributed by atoms with Gasteiger partial charge in [0.2, 0.25) is 5.13 Å². The van der Waals surface area contributed by atoms with Crippen molar-refractivity contribution in [2.24, 2.45) is 5.92 Å². The number of likely N-dealkylation sites (tertiary alicyclic amines) is 1. The minimum absolute atomic E-state index is 0.333. The molecule has 0 saturated carbocycles. The van der Waals surface area contributed by atoms with Crippen LogP contribution in [0.15, 0.2) is 0 Å². The van der Waals surface area contributed by atoms with Gasteiger partial charge < -0.3 is 9.64 Å². The van der Waals surface area contributed by atoms with Gasteiger partial charge in [-0.2, -0.15) is 0 Å². The van der Waals surface area contributed by atoms with Crippen molar-refractivity contribution >= 4 is 16.5 Å². The Hall–Kier alpha value is -0.720. The summed E-state index contributed by atoms with van der Waals surface area (Å²) in [7, 11) is 2.26. The Morgan fingerprint density at radius 2 is 2.20 bits per heavy atom. The summed E-state index contributed by atoms with van der Waals surface area (Å²) in [5.74, 6) is 0.712. The van der Waals surface area contributed by atoms with Gasteiger partial charge in [-0.25, -0.2) is 0 Å². The first-order chi connectivity index (χ1) is 9.63. The maximum absolute atomic E-state index is 5.63. The van der Waals surface area contributed by atoms with Crippen molar-refractivity contribution in [3.8, 4) is 0 Å². The average Bonchev–Trinajstić information content (AvgIpc) is 2.81. The van der Waals surface area contributed by atoms with Gasteiger partial charge in [0.15, 0.2) is 0 Å². The van der Waals surface area contributed by atoms with Gasteiger partial charge in [-0.1, -0.05) is 11.3 Å². The molecule has 5 nitrogen and oxygen atoms in total. The van der Waals surface area contributed by atoms with Crippen molar-refractivity contribution in [1.82, 2.24) is 15.1 Å². The Balaban J connectivity index is 1.61. The summed E-state index contributed by atoms with van der Waals surface area (Å²) in [6.45, 7) is 9.19. The summed E-state index contributed by atoms with van der Waals surface area (Å²) in [5, 5.41) is 10.5. The van der Waals surface area contributed by atoms with E-state index in [1.165, 1.54) is 19.4 Å². The van der Waals surface area contributed by atoms with Crippen LogP contribution >= 0.6 is 11.3 Å². The molecule has 3 rings (SSSR count).